The van der Waals surface area contributed by atoms with E-state index in [1.165, 1.54) is 18.2 Å². The zero-order valence-electron chi connectivity index (χ0n) is 13.1. The molecule has 1 saturated heterocycles. The van der Waals surface area contributed by atoms with Crippen molar-refractivity contribution in [3.8, 4) is 0 Å². The molecular weight excluding hydrogens is 343 g/mol. The van der Waals surface area contributed by atoms with E-state index in [1.54, 1.807) is 6.07 Å². The number of hydrogen-bond donors (Lipinski definition) is 1. The van der Waals surface area contributed by atoms with E-state index >= 15 is 0 Å². The summed E-state index contributed by atoms with van der Waals surface area (Å²) in [5.41, 5.74) is -0.985. The SMILES string of the molecule is Fc1cccc(C2(CNc3c(F)c(F)nc(F)c3F)CCOCC2)c1. The van der Waals surface area contributed by atoms with Gasteiger partial charge in [-0.1, -0.05) is 12.1 Å². The molecule has 134 valence electrons. The number of ether oxygens (including phenoxy) is 1. The van der Waals surface area contributed by atoms with Crippen LogP contribution < -0.4 is 5.32 Å². The summed E-state index contributed by atoms with van der Waals surface area (Å²) in [6.45, 7) is 0.709. The van der Waals surface area contributed by atoms with E-state index in [0.29, 0.717) is 31.6 Å². The zero-order chi connectivity index (χ0) is 18.0. The van der Waals surface area contributed by atoms with Gasteiger partial charge in [-0.3, -0.25) is 0 Å². The number of anilines is 1. The van der Waals surface area contributed by atoms with Gasteiger partial charge in [0.2, 0.25) is 11.6 Å². The Kier molecular flexibility index (Phi) is 4.89. The molecule has 1 aromatic heterocycles. The van der Waals surface area contributed by atoms with Crippen molar-refractivity contribution in [3.63, 3.8) is 0 Å². The number of hydrogen-bond acceptors (Lipinski definition) is 3. The molecule has 2 heterocycles. The molecule has 1 fully saturated rings. The fourth-order valence-electron chi connectivity index (χ4n) is 3.05. The number of aromatic nitrogens is 1. The second-order valence-corrected chi connectivity index (χ2v) is 5.95. The normalized spacial score (nSPS) is 16.7. The second kappa shape index (κ2) is 6.95. The first kappa shape index (κ1) is 17.6. The van der Waals surface area contributed by atoms with E-state index in [9.17, 15) is 22.0 Å². The van der Waals surface area contributed by atoms with Crippen molar-refractivity contribution in [2.75, 3.05) is 25.1 Å². The summed E-state index contributed by atoms with van der Waals surface area (Å²) in [7, 11) is 0. The third-order valence-corrected chi connectivity index (χ3v) is 4.49. The monoisotopic (exact) mass is 358 g/mol. The topological polar surface area (TPSA) is 34.2 Å². The van der Waals surface area contributed by atoms with Crippen LogP contribution in [0.2, 0.25) is 0 Å². The van der Waals surface area contributed by atoms with Crippen LogP contribution in [0.3, 0.4) is 0 Å². The molecule has 1 aliphatic rings. The smallest absolute Gasteiger partial charge is 0.253 e. The van der Waals surface area contributed by atoms with E-state index in [0.717, 1.165) is 0 Å². The highest BCUT2D eigenvalue weighted by molar-refractivity contribution is 5.46. The highest BCUT2D eigenvalue weighted by Gasteiger charge is 2.35. The fraction of sp³-hybridized carbons (Fsp3) is 0.353. The Hall–Kier alpha value is -2.22. The number of halogens is 5. The molecule has 1 aliphatic heterocycles. The molecule has 8 heteroatoms. The molecule has 0 radical (unpaired) electrons. The van der Waals surface area contributed by atoms with Crippen molar-refractivity contribution >= 4 is 5.69 Å². The lowest BCUT2D eigenvalue weighted by molar-refractivity contribution is 0.0542. The first-order valence-corrected chi connectivity index (χ1v) is 7.71. The minimum absolute atomic E-state index is 0.0451. The number of benzene rings is 1. The molecule has 3 rings (SSSR count). The van der Waals surface area contributed by atoms with Crippen molar-refractivity contribution in [1.29, 1.82) is 0 Å². The van der Waals surface area contributed by atoms with Gasteiger partial charge < -0.3 is 10.1 Å². The first-order valence-electron chi connectivity index (χ1n) is 7.71. The third-order valence-electron chi connectivity index (χ3n) is 4.49. The molecule has 0 atom stereocenters. The van der Waals surface area contributed by atoms with Crippen LogP contribution in [0.5, 0.6) is 0 Å². The van der Waals surface area contributed by atoms with Gasteiger partial charge in [0, 0.05) is 25.2 Å². The number of nitrogens with one attached hydrogen (secondary N) is 1. The van der Waals surface area contributed by atoms with Crippen LogP contribution in [0.15, 0.2) is 24.3 Å². The predicted octanol–water partition coefficient (Wildman–Crippen LogP) is 3.94. The summed E-state index contributed by atoms with van der Waals surface area (Å²) in [5.74, 6) is -7.09. The molecule has 0 bridgehead atoms. The minimum atomic E-state index is -1.73. The van der Waals surface area contributed by atoms with Crippen LogP contribution in [0.25, 0.3) is 0 Å². The summed E-state index contributed by atoms with van der Waals surface area (Å²) in [6.07, 6.45) is 0.922. The first-order chi connectivity index (χ1) is 11.9. The quantitative estimate of drug-likeness (QED) is 0.664. The van der Waals surface area contributed by atoms with Crippen LogP contribution in [0.1, 0.15) is 18.4 Å². The van der Waals surface area contributed by atoms with Gasteiger partial charge in [0.1, 0.15) is 11.5 Å². The Morgan fingerprint density at radius 2 is 1.64 bits per heavy atom. The standard InChI is InChI=1S/C17H15F5N2O/c18-11-3-1-2-10(8-11)17(4-6-25-7-5-17)9-23-14-12(19)15(21)24-16(22)13(14)20/h1-3,8H,4-7,9H2,(H,23,24). The zero-order valence-corrected chi connectivity index (χ0v) is 13.1. The van der Waals surface area contributed by atoms with Crippen molar-refractivity contribution in [2.45, 2.75) is 18.3 Å². The summed E-state index contributed by atoms with van der Waals surface area (Å²) < 4.78 is 73.0. The molecular formula is C17H15F5N2O. The van der Waals surface area contributed by atoms with E-state index in [1.807, 2.05) is 0 Å². The highest BCUT2D eigenvalue weighted by Crippen LogP contribution is 2.36. The largest absolute Gasteiger partial charge is 0.381 e. The van der Waals surface area contributed by atoms with E-state index in [4.69, 9.17) is 4.74 Å². The highest BCUT2D eigenvalue weighted by atomic mass is 19.2. The van der Waals surface area contributed by atoms with Crippen molar-refractivity contribution in [3.05, 3.63) is 59.2 Å². The van der Waals surface area contributed by atoms with E-state index < -0.39 is 40.4 Å². The van der Waals surface area contributed by atoms with Gasteiger partial charge in [-0.05, 0) is 30.5 Å². The van der Waals surface area contributed by atoms with Crippen molar-refractivity contribution in [1.82, 2.24) is 4.98 Å². The molecule has 0 aliphatic carbocycles. The molecule has 0 amide bonds. The van der Waals surface area contributed by atoms with Crippen LogP contribution in [0, 0.1) is 29.3 Å². The number of pyridine rings is 1. The average molecular weight is 358 g/mol. The molecule has 1 aromatic carbocycles. The molecule has 3 nitrogen and oxygen atoms in total. The van der Waals surface area contributed by atoms with Crippen LogP contribution >= 0.6 is 0 Å². The Bertz CT molecular complexity index is 752. The van der Waals surface area contributed by atoms with Crippen LogP contribution in [0.4, 0.5) is 27.6 Å². The lowest BCUT2D eigenvalue weighted by Crippen LogP contribution is -2.40. The average Bonchev–Trinajstić information content (AvgIpc) is 2.61. The van der Waals surface area contributed by atoms with Gasteiger partial charge >= 0.3 is 0 Å². The summed E-state index contributed by atoms with van der Waals surface area (Å²) in [5, 5.41) is 2.44. The molecule has 1 N–H and O–H groups in total. The third kappa shape index (κ3) is 3.44. The fourth-order valence-corrected chi connectivity index (χ4v) is 3.05. The van der Waals surface area contributed by atoms with Gasteiger partial charge in [0.05, 0.1) is 0 Å². The van der Waals surface area contributed by atoms with E-state index in [-0.39, 0.29) is 6.54 Å². The molecule has 25 heavy (non-hydrogen) atoms. The Morgan fingerprint density at radius 3 is 2.24 bits per heavy atom. The predicted molar refractivity (Wildman–Crippen MR) is 80.7 cm³/mol. The summed E-state index contributed by atoms with van der Waals surface area (Å²) in [4.78, 5) is 2.52. The summed E-state index contributed by atoms with van der Waals surface area (Å²) in [6, 6.07) is 5.87. The lowest BCUT2D eigenvalue weighted by Gasteiger charge is -2.38. The molecule has 0 saturated carbocycles. The van der Waals surface area contributed by atoms with Crippen molar-refractivity contribution < 1.29 is 26.7 Å². The van der Waals surface area contributed by atoms with Gasteiger partial charge in [-0.25, -0.2) is 4.39 Å². The lowest BCUT2D eigenvalue weighted by atomic mass is 9.74. The van der Waals surface area contributed by atoms with E-state index in [2.05, 4.69) is 10.3 Å². The molecule has 0 unspecified atom stereocenters. The maximum atomic E-state index is 13.8. The van der Waals surface area contributed by atoms with Crippen LogP contribution in [-0.4, -0.2) is 24.7 Å². The maximum absolute atomic E-state index is 13.8. The number of rotatable bonds is 4. The second-order valence-electron chi connectivity index (χ2n) is 5.95. The number of nitrogens with zero attached hydrogens (tertiary/aromatic N) is 1. The minimum Gasteiger partial charge on any atom is -0.381 e. The van der Waals surface area contributed by atoms with Crippen molar-refractivity contribution in [2.24, 2.45) is 0 Å². The molecule has 0 spiro atoms. The Balaban J connectivity index is 1.93. The van der Waals surface area contributed by atoms with Gasteiger partial charge in [-0.15, -0.1) is 0 Å². The van der Waals surface area contributed by atoms with Gasteiger partial charge in [0.15, 0.2) is 0 Å². The van der Waals surface area contributed by atoms with Gasteiger partial charge in [-0.2, -0.15) is 22.5 Å². The Labute approximate surface area is 140 Å². The summed E-state index contributed by atoms with van der Waals surface area (Å²) >= 11 is 0. The molecule has 2 aromatic rings. The Morgan fingerprint density at radius 1 is 1.00 bits per heavy atom. The van der Waals surface area contributed by atoms with Gasteiger partial charge in [0.25, 0.3) is 11.9 Å². The van der Waals surface area contributed by atoms with Crippen LogP contribution in [-0.2, 0) is 10.2 Å². The maximum Gasteiger partial charge on any atom is 0.253 e.